The van der Waals surface area contributed by atoms with Crippen LogP contribution in [0.1, 0.15) is 25.5 Å². The highest BCUT2D eigenvalue weighted by molar-refractivity contribution is 5.69. The van der Waals surface area contributed by atoms with Crippen molar-refractivity contribution in [2.75, 3.05) is 6.61 Å². The highest BCUT2D eigenvalue weighted by atomic mass is 19.2. The molecule has 3 nitrogen and oxygen atoms in total. The van der Waals surface area contributed by atoms with Crippen LogP contribution in [0.5, 0.6) is 0 Å². The van der Waals surface area contributed by atoms with Crippen molar-refractivity contribution in [3.05, 3.63) is 35.4 Å². The summed E-state index contributed by atoms with van der Waals surface area (Å²) < 4.78 is 30.9. The van der Waals surface area contributed by atoms with Crippen molar-refractivity contribution < 1.29 is 18.3 Å². The molecule has 1 aromatic carbocycles. The van der Waals surface area contributed by atoms with E-state index in [2.05, 4.69) is 5.32 Å². The normalized spacial score (nSPS) is 22.8. The number of alkyl carbamates (subject to hydrolysis) is 1. The number of amides is 1. The van der Waals surface area contributed by atoms with Crippen LogP contribution in [-0.2, 0) is 4.74 Å². The van der Waals surface area contributed by atoms with E-state index in [-0.39, 0.29) is 18.1 Å². The minimum atomic E-state index is -0.918. The first-order chi connectivity index (χ1) is 7.90. The average molecular weight is 241 g/mol. The van der Waals surface area contributed by atoms with Crippen LogP contribution in [0, 0.1) is 17.0 Å². The summed E-state index contributed by atoms with van der Waals surface area (Å²) in [5.74, 6) is -1.82. The zero-order chi connectivity index (χ0) is 12.6. The molecule has 2 rings (SSSR count). The smallest absolute Gasteiger partial charge is 0.407 e. The summed E-state index contributed by atoms with van der Waals surface area (Å²) in [6.45, 7) is 4.01. The summed E-state index contributed by atoms with van der Waals surface area (Å²) in [5, 5.41) is 2.62. The molecule has 1 aromatic rings. The molecule has 1 fully saturated rings. The molecule has 1 aliphatic heterocycles. The first-order valence-electron chi connectivity index (χ1n) is 5.28. The maximum Gasteiger partial charge on any atom is 0.407 e. The number of hydrogen-bond donors (Lipinski definition) is 1. The molecule has 1 saturated heterocycles. The standard InChI is InChI=1S/C12H13F2NO2/c1-12(2)6-17-11(16)15-10(12)7-3-4-8(13)9(14)5-7/h3-5,10H,6H2,1-2H3,(H,15,16)/t10-/m0/s1. The van der Waals surface area contributed by atoms with Crippen LogP contribution >= 0.6 is 0 Å². The number of carbonyl (C=O) groups is 1. The van der Waals surface area contributed by atoms with Crippen molar-refractivity contribution in [2.24, 2.45) is 5.41 Å². The van der Waals surface area contributed by atoms with Gasteiger partial charge in [0.25, 0.3) is 0 Å². The van der Waals surface area contributed by atoms with E-state index in [1.165, 1.54) is 6.07 Å². The van der Waals surface area contributed by atoms with Crippen molar-refractivity contribution in [3.63, 3.8) is 0 Å². The summed E-state index contributed by atoms with van der Waals surface area (Å²) in [5.41, 5.74) is 0.156. The molecule has 0 aliphatic carbocycles. The average Bonchev–Trinajstić information content (AvgIpc) is 2.26. The van der Waals surface area contributed by atoms with Crippen LogP contribution in [-0.4, -0.2) is 12.7 Å². The van der Waals surface area contributed by atoms with E-state index >= 15 is 0 Å². The SMILES string of the molecule is CC1(C)COC(=O)N[C@H]1c1ccc(F)c(F)c1. The molecule has 0 aromatic heterocycles. The van der Waals surface area contributed by atoms with Crippen LogP contribution in [0.2, 0.25) is 0 Å². The second-order valence-corrected chi connectivity index (χ2v) is 4.82. The molecule has 0 unspecified atom stereocenters. The van der Waals surface area contributed by atoms with E-state index in [0.717, 1.165) is 12.1 Å². The van der Waals surface area contributed by atoms with Gasteiger partial charge >= 0.3 is 6.09 Å². The number of nitrogens with one attached hydrogen (secondary N) is 1. The molecule has 92 valence electrons. The number of cyclic esters (lactones) is 1. The predicted octanol–water partition coefficient (Wildman–Crippen LogP) is 2.77. The Bertz CT molecular complexity index is 460. The summed E-state index contributed by atoms with van der Waals surface area (Å²) in [4.78, 5) is 11.2. The fraction of sp³-hybridized carbons (Fsp3) is 0.417. The lowest BCUT2D eigenvalue weighted by Crippen LogP contribution is -2.46. The van der Waals surface area contributed by atoms with E-state index in [9.17, 15) is 13.6 Å². The van der Waals surface area contributed by atoms with Gasteiger partial charge in [0.1, 0.15) is 6.61 Å². The summed E-state index contributed by atoms with van der Waals surface area (Å²) in [6, 6.07) is 3.24. The first-order valence-corrected chi connectivity index (χ1v) is 5.28. The van der Waals surface area contributed by atoms with Crippen molar-refractivity contribution in [2.45, 2.75) is 19.9 Å². The van der Waals surface area contributed by atoms with Crippen LogP contribution in [0.25, 0.3) is 0 Å². The minimum absolute atomic E-state index is 0.239. The van der Waals surface area contributed by atoms with E-state index < -0.39 is 17.7 Å². The van der Waals surface area contributed by atoms with E-state index in [4.69, 9.17) is 4.74 Å². The molecule has 1 amide bonds. The number of benzene rings is 1. The monoisotopic (exact) mass is 241 g/mol. The Kier molecular flexibility index (Phi) is 2.77. The third-order valence-electron chi connectivity index (χ3n) is 2.90. The highest BCUT2D eigenvalue weighted by Crippen LogP contribution is 2.36. The number of ether oxygens (including phenoxy) is 1. The molecular weight excluding hydrogens is 228 g/mol. The fourth-order valence-corrected chi connectivity index (χ4v) is 1.92. The second-order valence-electron chi connectivity index (χ2n) is 4.82. The minimum Gasteiger partial charge on any atom is -0.449 e. The van der Waals surface area contributed by atoms with Gasteiger partial charge in [0, 0.05) is 5.41 Å². The van der Waals surface area contributed by atoms with Gasteiger partial charge in [0.05, 0.1) is 6.04 Å². The summed E-state index contributed by atoms with van der Waals surface area (Å²) in [7, 11) is 0. The van der Waals surface area contributed by atoms with Crippen molar-refractivity contribution in [1.82, 2.24) is 5.32 Å². The van der Waals surface area contributed by atoms with Gasteiger partial charge in [0.2, 0.25) is 0 Å². The first kappa shape index (κ1) is 11.8. The Balaban J connectivity index is 2.36. The zero-order valence-electron chi connectivity index (χ0n) is 9.59. The maximum absolute atomic E-state index is 13.2. The quantitative estimate of drug-likeness (QED) is 0.821. The van der Waals surface area contributed by atoms with Gasteiger partial charge in [-0.15, -0.1) is 0 Å². The van der Waals surface area contributed by atoms with Crippen LogP contribution in [0.15, 0.2) is 18.2 Å². The Morgan fingerprint density at radius 3 is 2.71 bits per heavy atom. The lowest BCUT2D eigenvalue weighted by molar-refractivity contribution is 0.0386. The molecule has 0 spiro atoms. The predicted molar refractivity (Wildman–Crippen MR) is 57.4 cm³/mol. The lowest BCUT2D eigenvalue weighted by Gasteiger charge is -2.38. The van der Waals surface area contributed by atoms with E-state index in [0.29, 0.717) is 5.56 Å². The van der Waals surface area contributed by atoms with Gasteiger partial charge in [-0.1, -0.05) is 19.9 Å². The van der Waals surface area contributed by atoms with Gasteiger partial charge in [0.15, 0.2) is 11.6 Å². The van der Waals surface area contributed by atoms with E-state index in [1.807, 2.05) is 13.8 Å². The van der Waals surface area contributed by atoms with Crippen molar-refractivity contribution in [3.8, 4) is 0 Å². The number of hydrogen-bond acceptors (Lipinski definition) is 2. The Morgan fingerprint density at radius 1 is 1.35 bits per heavy atom. The maximum atomic E-state index is 13.2. The lowest BCUT2D eigenvalue weighted by atomic mass is 9.80. The Morgan fingerprint density at radius 2 is 2.06 bits per heavy atom. The summed E-state index contributed by atoms with van der Waals surface area (Å²) in [6.07, 6.45) is -0.543. The van der Waals surface area contributed by atoms with Crippen LogP contribution < -0.4 is 5.32 Å². The largest absolute Gasteiger partial charge is 0.449 e. The Labute approximate surface area is 97.8 Å². The topological polar surface area (TPSA) is 38.3 Å². The second kappa shape index (κ2) is 3.98. The van der Waals surface area contributed by atoms with Gasteiger partial charge < -0.3 is 10.1 Å². The number of rotatable bonds is 1. The third kappa shape index (κ3) is 2.23. The number of carbonyl (C=O) groups excluding carboxylic acids is 1. The third-order valence-corrected chi connectivity index (χ3v) is 2.90. The van der Waals surface area contributed by atoms with E-state index in [1.54, 1.807) is 0 Å². The molecule has 1 N–H and O–H groups in total. The molecule has 1 atom stereocenters. The van der Waals surface area contributed by atoms with Crippen molar-refractivity contribution in [1.29, 1.82) is 0 Å². The van der Waals surface area contributed by atoms with Crippen LogP contribution in [0.3, 0.4) is 0 Å². The highest BCUT2D eigenvalue weighted by Gasteiger charge is 2.38. The molecule has 0 bridgehead atoms. The Hall–Kier alpha value is -1.65. The zero-order valence-corrected chi connectivity index (χ0v) is 9.59. The molecule has 5 heteroatoms. The summed E-state index contributed by atoms with van der Waals surface area (Å²) >= 11 is 0. The van der Waals surface area contributed by atoms with Crippen molar-refractivity contribution >= 4 is 6.09 Å². The van der Waals surface area contributed by atoms with Gasteiger partial charge in [-0.3, -0.25) is 0 Å². The number of halogens is 2. The molecule has 0 saturated carbocycles. The fourth-order valence-electron chi connectivity index (χ4n) is 1.92. The molecule has 1 heterocycles. The molecule has 0 radical (unpaired) electrons. The van der Waals surface area contributed by atoms with Gasteiger partial charge in [-0.25, -0.2) is 13.6 Å². The molecule has 1 aliphatic rings. The van der Waals surface area contributed by atoms with Gasteiger partial charge in [-0.2, -0.15) is 0 Å². The van der Waals surface area contributed by atoms with Gasteiger partial charge in [-0.05, 0) is 17.7 Å². The molecular formula is C12H13F2NO2. The van der Waals surface area contributed by atoms with Crippen LogP contribution in [0.4, 0.5) is 13.6 Å². The molecule has 17 heavy (non-hydrogen) atoms.